The number of carbonyl (C=O) groups is 1. The molecule has 2 heterocycles. The Hall–Kier alpha value is -2.99. The minimum atomic E-state index is -0.420. The Morgan fingerprint density at radius 1 is 1.00 bits per heavy atom. The summed E-state index contributed by atoms with van der Waals surface area (Å²) in [6.07, 6.45) is 2.98. The van der Waals surface area contributed by atoms with Crippen LogP contribution in [-0.4, -0.2) is 24.0 Å². The van der Waals surface area contributed by atoms with E-state index in [2.05, 4.69) is 15.2 Å². The molecule has 4 nitrogen and oxygen atoms in total. The molecule has 1 aliphatic heterocycles. The van der Waals surface area contributed by atoms with E-state index in [1.807, 2.05) is 6.07 Å². The summed E-state index contributed by atoms with van der Waals surface area (Å²) in [5.41, 5.74) is 1.66. The molecule has 30 heavy (non-hydrogen) atoms. The largest absolute Gasteiger partial charge is 0.357 e. The third-order valence-electron chi connectivity index (χ3n) is 5.30. The van der Waals surface area contributed by atoms with Gasteiger partial charge in [-0.2, -0.15) is 0 Å². The highest BCUT2D eigenvalue weighted by molar-refractivity contribution is 6.30. The molecule has 0 aliphatic carbocycles. The molecule has 2 aromatic carbocycles. The number of carbonyl (C=O) groups excluding carboxylic acids is 1. The molecule has 1 fully saturated rings. The zero-order valence-electron chi connectivity index (χ0n) is 16.1. The molecule has 0 atom stereocenters. The van der Waals surface area contributed by atoms with E-state index in [1.165, 1.54) is 24.3 Å². The first kappa shape index (κ1) is 20.3. The monoisotopic (exact) mass is 427 g/mol. The van der Waals surface area contributed by atoms with E-state index in [1.54, 1.807) is 30.5 Å². The van der Waals surface area contributed by atoms with Crippen molar-refractivity contribution in [3.63, 3.8) is 0 Å². The highest BCUT2D eigenvalue weighted by atomic mass is 35.5. The molecule has 0 unspecified atom stereocenters. The van der Waals surface area contributed by atoms with Gasteiger partial charge in [-0.05, 0) is 60.9 Å². The van der Waals surface area contributed by atoms with Crippen molar-refractivity contribution in [3.8, 4) is 11.1 Å². The number of piperidine rings is 1. The van der Waals surface area contributed by atoms with E-state index < -0.39 is 5.82 Å². The van der Waals surface area contributed by atoms with E-state index in [9.17, 15) is 13.6 Å². The Bertz CT molecular complexity index is 1030. The van der Waals surface area contributed by atoms with E-state index in [4.69, 9.17) is 11.6 Å². The van der Waals surface area contributed by atoms with Gasteiger partial charge in [0.25, 0.3) is 0 Å². The number of pyridine rings is 1. The maximum Gasteiger partial charge on any atom is 0.227 e. The Morgan fingerprint density at radius 3 is 2.37 bits per heavy atom. The second-order valence-corrected chi connectivity index (χ2v) is 7.72. The van der Waals surface area contributed by atoms with Crippen molar-refractivity contribution in [1.29, 1.82) is 0 Å². The molecule has 1 aromatic heterocycles. The van der Waals surface area contributed by atoms with Crippen LogP contribution in [0.3, 0.4) is 0 Å². The summed E-state index contributed by atoms with van der Waals surface area (Å²) in [7, 11) is 0. The fourth-order valence-corrected chi connectivity index (χ4v) is 3.77. The van der Waals surface area contributed by atoms with Gasteiger partial charge >= 0.3 is 0 Å². The van der Waals surface area contributed by atoms with Gasteiger partial charge in [0.2, 0.25) is 5.91 Å². The highest BCUT2D eigenvalue weighted by Crippen LogP contribution is 2.31. The van der Waals surface area contributed by atoms with Crippen molar-refractivity contribution < 1.29 is 13.6 Å². The molecule has 154 valence electrons. The normalized spacial score (nSPS) is 14.6. The molecular formula is C23H20ClF2N3O. The molecule has 0 bridgehead atoms. The number of nitrogens with one attached hydrogen (secondary N) is 1. The number of rotatable bonds is 4. The van der Waals surface area contributed by atoms with Gasteiger partial charge in [-0.25, -0.2) is 13.8 Å². The van der Waals surface area contributed by atoms with Gasteiger partial charge < -0.3 is 10.2 Å². The molecular weight excluding hydrogens is 408 g/mol. The average molecular weight is 428 g/mol. The summed E-state index contributed by atoms with van der Waals surface area (Å²) in [5.74, 6) is -0.206. The highest BCUT2D eigenvalue weighted by Gasteiger charge is 2.26. The van der Waals surface area contributed by atoms with Crippen molar-refractivity contribution in [2.75, 3.05) is 23.3 Å². The predicted molar refractivity (Wildman–Crippen MR) is 115 cm³/mol. The van der Waals surface area contributed by atoms with Crippen LogP contribution in [0.4, 0.5) is 20.3 Å². The van der Waals surface area contributed by atoms with Gasteiger partial charge in [0.05, 0.1) is 5.02 Å². The summed E-state index contributed by atoms with van der Waals surface area (Å²) in [6, 6.07) is 13.6. The third-order valence-corrected chi connectivity index (χ3v) is 5.52. The summed E-state index contributed by atoms with van der Waals surface area (Å²) in [4.78, 5) is 19.3. The van der Waals surface area contributed by atoms with Gasteiger partial charge in [0.1, 0.15) is 17.5 Å². The van der Waals surface area contributed by atoms with Crippen LogP contribution in [0.25, 0.3) is 11.1 Å². The number of anilines is 2. The Labute approximate surface area is 178 Å². The Kier molecular flexibility index (Phi) is 5.95. The number of halogens is 3. The standard InChI is InChI=1S/C23H20ClF2N3O/c24-17-3-8-22(27-14-17)29-11-9-16(10-12-29)23(30)28-21-7-6-19(26)13-20(21)15-1-4-18(25)5-2-15/h1-8,13-14,16H,9-12H2,(H,28,30). The van der Waals surface area contributed by atoms with Crippen LogP contribution in [0.1, 0.15) is 12.8 Å². The molecule has 1 aliphatic rings. The van der Waals surface area contributed by atoms with Crippen molar-refractivity contribution in [2.24, 2.45) is 5.92 Å². The van der Waals surface area contributed by atoms with Crippen LogP contribution in [0.2, 0.25) is 5.02 Å². The number of hydrogen-bond acceptors (Lipinski definition) is 3. The second kappa shape index (κ2) is 8.79. The van der Waals surface area contributed by atoms with Crippen LogP contribution < -0.4 is 10.2 Å². The number of benzene rings is 2. The lowest BCUT2D eigenvalue weighted by Crippen LogP contribution is -2.38. The van der Waals surface area contributed by atoms with Crippen LogP contribution >= 0.6 is 11.6 Å². The SMILES string of the molecule is O=C(Nc1ccc(F)cc1-c1ccc(F)cc1)C1CCN(c2ccc(Cl)cn2)CC1. The van der Waals surface area contributed by atoms with E-state index >= 15 is 0 Å². The quantitative estimate of drug-likeness (QED) is 0.595. The summed E-state index contributed by atoms with van der Waals surface area (Å²) >= 11 is 5.89. The third kappa shape index (κ3) is 4.60. The smallest absolute Gasteiger partial charge is 0.227 e. The first-order valence-corrected chi connectivity index (χ1v) is 10.1. The topological polar surface area (TPSA) is 45.2 Å². The predicted octanol–water partition coefficient (Wildman–Crippen LogP) is 5.54. The number of hydrogen-bond donors (Lipinski definition) is 1. The maximum absolute atomic E-state index is 13.8. The summed E-state index contributed by atoms with van der Waals surface area (Å²) in [5, 5.41) is 3.52. The average Bonchev–Trinajstić information content (AvgIpc) is 2.76. The van der Waals surface area contributed by atoms with Crippen LogP contribution in [0.15, 0.2) is 60.8 Å². The van der Waals surface area contributed by atoms with Gasteiger partial charge in [0, 0.05) is 36.5 Å². The lowest BCUT2D eigenvalue weighted by atomic mass is 9.95. The Balaban J connectivity index is 1.44. The molecule has 1 amide bonds. The van der Waals surface area contributed by atoms with Crippen molar-refractivity contribution >= 4 is 29.0 Å². The fraction of sp³-hybridized carbons (Fsp3) is 0.217. The molecule has 1 saturated heterocycles. The summed E-state index contributed by atoms with van der Waals surface area (Å²) in [6.45, 7) is 1.42. The molecule has 7 heteroatoms. The zero-order chi connectivity index (χ0) is 21.1. The molecule has 3 aromatic rings. The number of amides is 1. The van der Waals surface area contributed by atoms with Crippen LogP contribution in [0.5, 0.6) is 0 Å². The summed E-state index contributed by atoms with van der Waals surface area (Å²) < 4.78 is 27.1. The molecule has 0 spiro atoms. The number of aromatic nitrogens is 1. The van der Waals surface area contributed by atoms with Gasteiger partial charge in [-0.3, -0.25) is 4.79 Å². The molecule has 0 saturated carbocycles. The van der Waals surface area contributed by atoms with Crippen molar-refractivity contribution in [3.05, 3.63) is 77.5 Å². The van der Waals surface area contributed by atoms with Gasteiger partial charge in [0.15, 0.2) is 0 Å². The first-order valence-electron chi connectivity index (χ1n) is 9.72. The van der Waals surface area contributed by atoms with Gasteiger partial charge in [-0.1, -0.05) is 23.7 Å². The van der Waals surface area contributed by atoms with Crippen molar-refractivity contribution in [2.45, 2.75) is 12.8 Å². The van der Waals surface area contributed by atoms with Crippen LogP contribution in [0, 0.1) is 17.6 Å². The zero-order valence-corrected chi connectivity index (χ0v) is 16.9. The second-order valence-electron chi connectivity index (χ2n) is 7.28. The fourth-order valence-electron chi connectivity index (χ4n) is 3.65. The lowest BCUT2D eigenvalue weighted by molar-refractivity contribution is -0.120. The minimum absolute atomic E-state index is 0.103. The van der Waals surface area contributed by atoms with Gasteiger partial charge in [-0.15, -0.1) is 0 Å². The minimum Gasteiger partial charge on any atom is -0.357 e. The van der Waals surface area contributed by atoms with Crippen LogP contribution in [-0.2, 0) is 4.79 Å². The van der Waals surface area contributed by atoms with E-state index in [-0.39, 0.29) is 17.6 Å². The molecule has 0 radical (unpaired) electrons. The van der Waals surface area contributed by atoms with E-state index in [0.29, 0.717) is 47.8 Å². The maximum atomic E-state index is 13.8. The van der Waals surface area contributed by atoms with Crippen molar-refractivity contribution in [1.82, 2.24) is 4.98 Å². The number of nitrogens with zero attached hydrogens (tertiary/aromatic N) is 2. The lowest BCUT2D eigenvalue weighted by Gasteiger charge is -2.32. The first-order chi connectivity index (χ1) is 14.5. The molecule has 1 N–H and O–H groups in total. The molecule has 4 rings (SSSR count). The van der Waals surface area contributed by atoms with E-state index in [0.717, 1.165) is 5.82 Å². The Morgan fingerprint density at radius 2 is 1.70 bits per heavy atom.